The van der Waals surface area contributed by atoms with E-state index in [1.54, 1.807) is 0 Å². The number of halogens is 2. The van der Waals surface area contributed by atoms with Gasteiger partial charge in [0.05, 0.1) is 6.10 Å². The molecule has 0 amide bonds. The lowest BCUT2D eigenvalue weighted by atomic mass is 9.64. The highest BCUT2D eigenvalue weighted by molar-refractivity contribution is 5.32. The summed E-state index contributed by atoms with van der Waals surface area (Å²) in [7, 11) is 0. The molecular weight excluding hydrogens is 262 g/mol. The lowest BCUT2D eigenvalue weighted by Crippen LogP contribution is -2.37. The van der Waals surface area contributed by atoms with E-state index in [0.29, 0.717) is 11.5 Å². The smallest absolute Gasteiger partial charge is 0.187 e. The summed E-state index contributed by atoms with van der Waals surface area (Å²) in [6.45, 7) is 2.13. The molecule has 2 saturated carbocycles. The van der Waals surface area contributed by atoms with Gasteiger partial charge in [0.2, 0.25) is 0 Å². The maximum absolute atomic E-state index is 13.5. The molecule has 4 heteroatoms. The summed E-state index contributed by atoms with van der Waals surface area (Å²) in [6, 6.07) is 2.49. The van der Waals surface area contributed by atoms with Crippen LogP contribution in [0, 0.1) is 23.0 Å². The first-order valence-corrected chi connectivity index (χ1v) is 7.28. The molecule has 1 aromatic carbocycles. The Labute approximate surface area is 117 Å². The zero-order chi connectivity index (χ0) is 14.5. The molecule has 2 aliphatic carbocycles. The number of phenols is 1. The van der Waals surface area contributed by atoms with Gasteiger partial charge in [-0.15, -0.1) is 0 Å². The average molecular weight is 282 g/mol. The third kappa shape index (κ3) is 2.01. The number of hydrogen-bond acceptors (Lipinski definition) is 2. The number of fused-ring (bicyclic) bond motifs is 1. The molecule has 0 aromatic heterocycles. The summed E-state index contributed by atoms with van der Waals surface area (Å²) in [6.07, 6.45) is 4.13. The quantitative estimate of drug-likeness (QED) is 0.824. The van der Waals surface area contributed by atoms with Crippen LogP contribution in [0.1, 0.15) is 50.5 Å². The van der Waals surface area contributed by atoms with Gasteiger partial charge < -0.3 is 10.2 Å². The molecule has 4 atom stereocenters. The number of aromatic hydroxyl groups is 1. The fraction of sp³-hybridized carbons (Fsp3) is 0.625. The van der Waals surface area contributed by atoms with E-state index in [9.17, 15) is 19.0 Å². The van der Waals surface area contributed by atoms with Crippen LogP contribution >= 0.6 is 0 Å². The van der Waals surface area contributed by atoms with E-state index in [4.69, 9.17) is 0 Å². The predicted octanol–water partition coefficient (Wildman–Crippen LogP) is 3.72. The van der Waals surface area contributed by atoms with Crippen molar-refractivity contribution < 1.29 is 19.0 Å². The SMILES string of the molecule is C[C@]12CC[C@H](c3cc(F)c(O)c(F)c3)CC1CC[C@@H]2O. The van der Waals surface area contributed by atoms with Crippen LogP contribution < -0.4 is 0 Å². The summed E-state index contributed by atoms with van der Waals surface area (Å²) >= 11 is 0. The third-order valence-electron chi connectivity index (χ3n) is 5.59. The van der Waals surface area contributed by atoms with E-state index in [0.717, 1.165) is 32.1 Å². The number of hydrogen-bond donors (Lipinski definition) is 2. The van der Waals surface area contributed by atoms with Crippen LogP contribution in [0.3, 0.4) is 0 Å². The van der Waals surface area contributed by atoms with Crippen molar-refractivity contribution in [2.45, 2.75) is 51.0 Å². The van der Waals surface area contributed by atoms with Gasteiger partial charge in [-0.05, 0) is 67.1 Å². The van der Waals surface area contributed by atoms with Crippen LogP contribution in [0.15, 0.2) is 12.1 Å². The fourth-order valence-corrected chi connectivity index (χ4v) is 4.12. The Bertz CT molecular complexity index is 508. The molecule has 110 valence electrons. The van der Waals surface area contributed by atoms with Gasteiger partial charge >= 0.3 is 0 Å². The van der Waals surface area contributed by atoms with Gasteiger partial charge in [-0.3, -0.25) is 0 Å². The standard InChI is InChI=1S/C16H20F2O2/c1-16-5-4-9(6-11(16)2-3-14(16)19)10-7-12(17)15(20)13(18)8-10/h7-9,11,14,19-20H,2-6H2,1H3/t9-,11?,14-,16-/m0/s1. The maximum Gasteiger partial charge on any atom is 0.187 e. The first kappa shape index (κ1) is 13.8. The second-order valence-electron chi connectivity index (χ2n) is 6.60. The van der Waals surface area contributed by atoms with Crippen molar-refractivity contribution in [2.24, 2.45) is 11.3 Å². The molecule has 1 unspecified atom stereocenters. The summed E-state index contributed by atoms with van der Waals surface area (Å²) in [5, 5.41) is 19.3. The predicted molar refractivity (Wildman–Crippen MR) is 71.5 cm³/mol. The van der Waals surface area contributed by atoms with Gasteiger partial charge in [0.15, 0.2) is 17.4 Å². The summed E-state index contributed by atoms with van der Waals surface area (Å²) in [5.41, 5.74) is 0.589. The van der Waals surface area contributed by atoms with Crippen molar-refractivity contribution in [1.82, 2.24) is 0 Å². The Morgan fingerprint density at radius 3 is 2.45 bits per heavy atom. The average Bonchev–Trinajstić information content (AvgIpc) is 2.71. The second-order valence-corrected chi connectivity index (χ2v) is 6.60. The number of aliphatic hydroxyl groups is 1. The first-order chi connectivity index (χ1) is 9.41. The normalized spacial score (nSPS) is 36.9. The van der Waals surface area contributed by atoms with E-state index in [1.807, 2.05) is 0 Å². The Morgan fingerprint density at radius 1 is 1.15 bits per heavy atom. The zero-order valence-electron chi connectivity index (χ0n) is 11.6. The Hall–Kier alpha value is -1.16. The van der Waals surface area contributed by atoms with Crippen LogP contribution in [0.2, 0.25) is 0 Å². The molecule has 0 bridgehead atoms. The van der Waals surface area contributed by atoms with Crippen LogP contribution in [-0.4, -0.2) is 16.3 Å². The summed E-state index contributed by atoms with van der Waals surface area (Å²) in [5.74, 6) is -2.15. The first-order valence-electron chi connectivity index (χ1n) is 7.28. The Balaban J connectivity index is 1.84. The van der Waals surface area contributed by atoms with Crippen molar-refractivity contribution in [3.8, 4) is 5.75 Å². The fourth-order valence-electron chi connectivity index (χ4n) is 4.12. The molecule has 1 aromatic rings. The van der Waals surface area contributed by atoms with Crippen molar-refractivity contribution in [3.63, 3.8) is 0 Å². The van der Waals surface area contributed by atoms with Gasteiger partial charge in [0.1, 0.15) is 0 Å². The van der Waals surface area contributed by atoms with E-state index >= 15 is 0 Å². The van der Waals surface area contributed by atoms with Gasteiger partial charge in [-0.2, -0.15) is 0 Å². The van der Waals surface area contributed by atoms with Crippen LogP contribution in [0.25, 0.3) is 0 Å². The van der Waals surface area contributed by atoms with Crippen LogP contribution in [0.4, 0.5) is 8.78 Å². The van der Waals surface area contributed by atoms with Gasteiger partial charge in [-0.25, -0.2) is 8.78 Å². The van der Waals surface area contributed by atoms with Crippen molar-refractivity contribution >= 4 is 0 Å². The Morgan fingerprint density at radius 2 is 1.80 bits per heavy atom. The van der Waals surface area contributed by atoms with E-state index in [2.05, 4.69) is 6.92 Å². The molecule has 0 spiro atoms. The molecule has 3 rings (SSSR count). The molecule has 0 saturated heterocycles. The molecule has 0 heterocycles. The maximum atomic E-state index is 13.5. The molecule has 20 heavy (non-hydrogen) atoms. The highest BCUT2D eigenvalue weighted by atomic mass is 19.1. The lowest BCUT2D eigenvalue weighted by Gasteiger charge is -2.42. The van der Waals surface area contributed by atoms with E-state index < -0.39 is 17.4 Å². The topological polar surface area (TPSA) is 40.5 Å². The summed E-state index contributed by atoms with van der Waals surface area (Å²) in [4.78, 5) is 0. The largest absolute Gasteiger partial charge is 0.503 e. The van der Waals surface area contributed by atoms with Crippen molar-refractivity contribution in [3.05, 3.63) is 29.3 Å². The molecule has 2 N–H and O–H groups in total. The van der Waals surface area contributed by atoms with Gasteiger partial charge in [0.25, 0.3) is 0 Å². The molecule has 2 fully saturated rings. The highest BCUT2D eigenvalue weighted by Gasteiger charge is 2.49. The third-order valence-corrected chi connectivity index (χ3v) is 5.59. The molecule has 2 nitrogen and oxygen atoms in total. The van der Waals surface area contributed by atoms with E-state index in [1.165, 1.54) is 12.1 Å². The van der Waals surface area contributed by atoms with E-state index in [-0.39, 0.29) is 17.4 Å². The summed E-state index contributed by atoms with van der Waals surface area (Å²) < 4.78 is 26.9. The second kappa shape index (κ2) is 4.69. The van der Waals surface area contributed by atoms with Crippen molar-refractivity contribution in [1.29, 1.82) is 0 Å². The number of phenolic OH excluding ortho intramolecular Hbond substituents is 1. The molecular formula is C16H20F2O2. The van der Waals surface area contributed by atoms with Gasteiger partial charge in [-0.1, -0.05) is 6.92 Å². The zero-order valence-corrected chi connectivity index (χ0v) is 11.6. The number of rotatable bonds is 1. The monoisotopic (exact) mass is 282 g/mol. The Kier molecular flexibility index (Phi) is 3.24. The highest BCUT2D eigenvalue weighted by Crippen LogP contribution is 2.55. The molecule has 0 radical (unpaired) electrons. The van der Waals surface area contributed by atoms with Crippen LogP contribution in [0.5, 0.6) is 5.75 Å². The molecule has 2 aliphatic rings. The van der Waals surface area contributed by atoms with Gasteiger partial charge in [0, 0.05) is 0 Å². The number of aliphatic hydroxyl groups excluding tert-OH is 1. The van der Waals surface area contributed by atoms with Crippen molar-refractivity contribution in [2.75, 3.05) is 0 Å². The van der Waals surface area contributed by atoms with Crippen LogP contribution in [-0.2, 0) is 0 Å². The minimum Gasteiger partial charge on any atom is -0.503 e. The number of benzene rings is 1. The minimum absolute atomic E-state index is 0.0372. The molecule has 0 aliphatic heterocycles. The minimum atomic E-state index is -0.898. The lowest BCUT2D eigenvalue weighted by molar-refractivity contribution is 0.00866.